The summed E-state index contributed by atoms with van der Waals surface area (Å²) in [4.78, 5) is 0. The first-order chi connectivity index (χ1) is 8.37. The number of hydrogen-bond acceptors (Lipinski definition) is 1. The zero-order chi connectivity index (χ0) is 15.1. The van der Waals surface area contributed by atoms with Gasteiger partial charge in [-0.2, -0.15) is 13.2 Å². The Kier molecular flexibility index (Phi) is 4.06. The second-order valence-electron chi connectivity index (χ2n) is 6.28. The summed E-state index contributed by atoms with van der Waals surface area (Å²) < 4.78 is 38.2. The molecule has 2 unspecified atom stereocenters. The second kappa shape index (κ2) is 4.82. The van der Waals surface area contributed by atoms with Gasteiger partial charge in [0.1, 0.15) is 0 Å². The van der Waals surface area contributed by atoms with Gasteiger partial charge in [-0.3, -0.25) is 0 Å². The molecule has 0 aliphatic heterocycles. The van der Waals surface area contributed by atoms with Gasteiger partial charge < -0.3 is 5.11 Å². The average molecular weight is 274 g/mol. The fraction of sp³-hybridized carbons (Fsp3) is 0.600. The lowest BCUT2D eigenvalue weighted by atomic mass is 9.77. The molecule has 1 N–H and O–H groups in total. The fourth-order valence-corrected chi connectivity index (χ4v) is 1.76. The molecule has 0 heterocycles. The molecule has 2 atom stereocenters. The van der Waals surface area contributed by atoms with E-state index in [0.29, 0.717) is 0 Å². The summed E-state index contributed by atoms with van der Waals surface area (Å²) in [7, 11) is 0. The first-order valence-electron chi connectivity index (χ1n) is 6.27. The van der Waals surface area contributed by atoms with E-state index in [-0.39, 0.29) is 16.9 Å². The molecule has 0 amide bonds. The molecular weight excluding hydrogens is 253 g/mol. The molecule has 0 saturated carbocycles. The lowest BCUT2D eigenvalue weighted by Gasteiger charge is -2.29. The Labute approximate surface area is 112 Å². The van der Waals surface area contributed by atoms with E-state index in [9.17, 15) is 18.3 Å². The molecule has 0 spiro atoms. The van der Waals surface area contributed by atoms with Crippen LogP contribution in [-0.4, -0.2) is 11.3 Å². The van der Waals surface area contributed by atoms with Crippen LogP contribution in [0.5, 0.6) is 0 Å². The summed E-state index contributed by atoms with van der Waals surface area (Å²) in [6.45, 7) is 9.05. The molecule has 0 bridgehead atoms. The van der Waals surface area contributed by atoms with Crippen molar-refractivity contribution in [1.82, 2.24) is 0 Å². The van der Waals surface area contributed by atoms with E-state index >= 15 is 0 Å². The van der Waals surface area contributed by atoms with E-state index in [2.05, 4.69) is 20.8 Å². The van der Waals surface area contributed by atoms with Crippen LogP contribution in [0.3, 0.4) is 0 Å². The smallest absolute Gasteiger partial charge is 0.376 e. The fourth-order valence-electron chi connectivity index (χ4n) is 1.76. The predicted octanol–water partition coefficient (Wildman–Crippen LogP) is 4.61. The molecule has 1 nitrogen and oxygen atoms in total. The van der Waals surface area contributed by atoms with E-state index in [1.165, 1.54) is 12.1 Å². The maximum absolute atomic E-state index is 12.7. The highest BCUT2D eigenvalue weighted by atomic mass is 19.4. The Morgan fingerprint density at radius 2 is 1.37 bits per heavy atom. The molecule has 0 radical (unpaired) electrons. The predicted molar refractivity (Wildman–Crippen MR) is 69.9 cm³/mol. The Bertz CT molecular complexity index is 424. The number of benzene rings is 1. The van der Waals surface area contributed by atoms with Crippen LogP contribution in [0.25, 0.3) is 0 Å². The lowest BCUT2D eigenvalue weighted by Crippen LogP contribution is -2.39. The van der Waals surface area contributed by atoms with E-state index in [0.717, 1.165) is 12.5 Å². The maximum Gasteiger partial charge on any atom is 0.421 e. The highest BCUT2D eigenvalue weighted by Crippen LogP contribution is 2.40. The van der Waals surface area contributed by atoms with Crippen molar-refractivity contribution in [2.24, 2.45) is 5.41 Å². The lowest BCUT2D eigenvalue weighted by molar-refractivity contribution is -0.258. The monoisotopic (exact) mass is 274 g/mol. The summed E-state index contributed by atoms with van der Waals surface area (Å²) in [5.41, 5.74) is -1.94. The van der Waals surface area contributed by atoms with Gasteiger partial charge in [-0.15, -0.1) is 0 Å². The zero-order valence-corrected chi connectivity index (χ0v) is 12.0. The largest absolute Gasteiger partial charge is 0.421 e. The van der Waals surface area contributed by atoms with Gasteiger partial charge in [-0.1, -0.05) is 52.0 Å². The van der Waals surface area contributed by atoms with Crippen LogP contribution in [0, 0.1) is 5.41 Å². The number of hydrogen-bond donors (Lipinski definition) is 1. The topological polar surface area (TPSA) is 20.2 Å². The van der Waals surface area contributed by atoms with Crippen molar-refractivity contribution in [3.8, 4) is 0 Å². The summed E-state index contributed by atoms with van der Waals surface area (Å²) >= 11 is 0. The molecule has 4 heteroatoms. The van der Waals surface area contributed by atoms with Crippen molar-refractivity contribution in [3.63, 3.8) is 0 Å². The van der Waals surface area contributed by atoms with Gasteiger partial charge in [-0.05, 0) is 29.4 Å². The number of aliphatic hydroxyl groups is 1. The Morgan fingerprint density at radius 1 is 0.947 bits per heavy atom. The molecule has 0 aliphatic carbocycles. The highest BCUT2D eigenvalue weighted by Gasteiger charge is 2.51. The summed E-state index contributed by atoms with van der Waals surface area (Å²) in [5.74, 6) is 0.220. The van der Waals surface area contributed by atoms with E-state index in [1.54, 1.807) is 12.1 Å². The van der Waals surface area contributed by atoms with Gasteiger partial charge in [0.25, 0.3) is 0 Å². The average Bonchev–Trinajstić information content (AvgIpc) is 2.25. The minimum absolute atomic E-state index is 0.0358. The molecule has 19 heavy (non-hydrogen) atoms. The van der Waals surface area contributed by atoms with Crippen LogP contribution in [-0.2, 0) is 5.60 Å². The molecule has 0 saturated heterocycles. The third-order valence-electron chi connectivity index (χ3n) is 3.82. The standard InChI is InChI=1S/C15H21F3O/c1-10(13(2,3)4)11-6-8-12(9-7-11)14(5,19)15(16,17)18/h6-10,19H,1-5H3. The van der Waals surface area contributed by atoms with Gasteiger partial charge in [0.15, 0.2) is 5.60 Å². The highest BCUT2D eigenvalue weighted by molar-refractivity contribution is 5.30. The SMILES string of the molecule is CC(c1ccc(C(C)(O)C(F)(F)F)cc1)C(C)(C)C. The molecule has 1 rings (SSSR count). The Hall–Kier alpha value is -1.03. The molecule has 1 aromatic carbocycles. The Balaban J connectivity index is 3.07. The molecule has 108 valence electrons. The maximum atomic E-state index is 12.7. The minimum atomic E-state index is -4.68. The van der Waals surface area contributed by atoms with Crippen LogP contribution in [0.1, 0.15) is 51.7 Å². The number of alkyl halides is 3. The molecule has 1 aromatic rings. The normalized spacial score (nSPS) is 17.9. The van der Waals surface area contributed by atoms with Gasteiger partial charge in [0.2, 0.25) is 0 Å². The van der Waals surface area contributed by atoms with Crippen molar-refractivity contribution in [1.29, 1.82) is 0 Å². The molecule has 0 aromatic heterocycles. The number of halogens is 3. The first kappa shape index (κ1) is 16.0. The van der Waals surface area contributed by atoms with E-state index in [1.807, 2.05) is 6.92 Å². The van der Waals surface area contributed by atoms with Gasteiger partial charge >= 0.3 is 6.18 Å². The number of rotatable bonds is 2. The third kappa shape index (κ3) is 3.30. The van der Waals surface area contributed by atoms with E-state index < -0.39 is 11.8 Å². The zero-order valence-electron chi connectivity index (χ0n) is 12.0. The van der Waals surface area contributed by atoms with Crippen molar-refractivity contribution in [3.05, 3.63) is 35.4 Å². The van der Waals surface area contributed by atoms with Gasteiger partial charge in [-0.25, -0.2) is 0 Å². The first-order valence-corrected chi connectivity index (χ1v) is 6.27. The summed E-state index contributed by atoms with van der Waals surface area (Å²) in [6, 6.07) is 6.02. The third-order valence-corrected chi connectivity index (χ3v) is 3.82. The van der Waals surface area contributed by atoms with Gasteiger partial charge in [0.05, 0.1) is 0 Å². The van der Waals surface area contributed by atoms with E-state index in [4.69, 9.17) is 0 Å². The van der Waals surface area contributed by atoms with Crippen LogP contribution < -0.4 is 0 Å². The second-order valence-corrected chi connectivity index (χ2v) is 6.28. The van der Waals surface area contributed by atoms with Crippen LogP contribution in [0.15, 0.2) is 24.3 Å². The summed E-state index contributed by atoms with van der Waals surface area (Å²) in [6.07, 6.45) is -4.68. The van der Waals surface area contributed by atoms with Crippen molar-refractivity contribution < 1.29 is 18.3 Å². The minimum Gasteiger partial charge on any atom is -0.376 e. The van der Waals surface area contributed by atoms with Crippen molar-refractivity contribution in [2.75, 3.05) is 0 Å². The van der Waals surface area contributed by atoms with Crippen molar-refractivity contribution in [2.45, 2.75) is 52.3 Å². The quantitative estimate of drug-likeness (QED) is 0.835. The Morgan fingerprint density at radius 3 is 1.68 bits per heavy atom. The molecular formula is C15H21F3O. The summed E-state index contributed by atoms with van der Waals surface area (Å²) in [5, 5.41) is 9.59. The van der Waals surface area contributed by atoms with Crippen molar-refractivity contribution >= 4 is 0 Å². The van der Waals surface area contributed by atoms with Crippen LogP contribution in [0.4, 0.5) is 13.2 Å². The van der Waals surface area contributed by atoms with Crippen LogP contribution >= 0.6 is 0 Å². The molecule has 0 aliphatic rings. The van der Waals surface area contributed by atoms with Crippen LogP contribution in [0.2, 0.25) is 0 Å². The molecule has 0 fully saturated rings. The van der Waals surface area contributed by atoms with Gasteiger partial charge in [0, 0.05) is 0 Å².